The predicted molar refractivity (Wildman–Crippen MR) is 144 cm³/mol. The topological polar surface area (TPSA) is 78.3 Å². The van der Waals surface area contributed by atoms with Crippen LogP contribution < -0.4 is 9.47 Å². The fraction of sp³-hybridized carbons (Fsp3) is 0.414. The summed E-state index contributed by atoms with van der Waals surface area (Å²) in [5.74, 6) is 0.199. The molecule has 3 aliphatic rings. The van der Waals surface area contributed by atoms with E-state index in [9.17, 15) is 10.2 Å². The van der Waals surface area contributed by atoms with E-state index in [1.54, 1.807) is 19.5 Å². The first-order valence-electron chi connectivity index (χ1n) is 12.7. The number of hydrogen-bond donors (Lipinski definition) is 2. The normalized spacial score (nSPS) is 31.5. The lowest BCUT2D eigenvalue weighted by Gasteiger charge is -2.41. The molecule has 0 amide bonds. The van der Waals surface area contributed by atoms with Gasteiger partial charge in [-0.25, -0.2) is 0 Å². The molecule has 1 aromatic heterocycles. The number of rotatable bonds is 5. The van der Waals surface area contributed by atoms with Crippen LogP contribution in [-0.2, 0) is 11.2 Å². The Hall–Kier alpha value is -2.49. The van der Waals surface area contributed by atoms with Gasteiger partial charge in [-0.3, -0.25) is 4.98 Å². The van der Waals surface area contributed by atoms with Crippen molar-refractivity contribution in [1.29, 1.82) is 0 Å². The first kappa shape index (κ1) is 24.8. The molecule has 8 heteroatoms. The number of piperazine rings is 1. The van der Waals surface area contributed by atoms with Crippen molar-refractivity contribution in [2.45, 2.75) is 23.2 Å². The zero-order valence-corrected chi connectivity index (χ0v) is 22.6. The Labute approximate surface area is 225 Å². The molecule has 0 spiro atoms. The predicted octanol–water partition coefficient (Wildman–Crippen LogP) is 3.35. The summed E-state index contributed by atoms with van der Waals surface area (Å²) < 4.78 is 13.5. The van der Waals surface area contributed by atoms with Crippen molar-refractivity contribution in [2.24, 2.45) is 5.92 Å². The lowest BCUT2D eigenvalue weighted by Crippen LogP contribution is -2.52. The molecule has 0 bridgehead atoms. The van der Waals surface area contributed by atoms with Crippen molar-refractivity contribution in [2.75, 3.05) is 46.9 Å². The second kappa shape index (κ2) is 9.36. The highest BCUT2D eigenvalue weighted by molar-refractivity contribution is 9.10. The highest BCUT2D eigenvalue weighted by Crippen LogP contribution is 2.69. The summed E-state index contributed by atoms with van der Waals surface area (Å²) in [5.41, 5.74) is -0.779. The number of methoxy groups -OCH3 is 1. The molecule has 5 atom stereocenters. The molecule has 3 heterocycles. The van der Waals surface area contributed by atoms with E-state index in [2.05, 4.69) is 49.9 Å². The minimum Gasteiger partial charge on any atom is -0.495 e. The number of hydrogen-bond acceptors (Lipinski definition) is 7. The van der Waals surface area contributed by atoms with Crippen molar-refractivity contribution in [3.8, 4) is 11.5 Å². The van der Waals surface area contributed by atoms with Crippen LogP contribution in [0, 0.1) is 5.92 Å². The van der Waals surface area contributed by atoms with Crippen LogP contribution in [0.5, 0.6) is 11.5 Å². The second-order valence-electron chi connectivity index (χ2n) is 10.4. The molecule has 37 heavy (non-hydrogen) atoms. The molecule has 1 saturated carbocycles. The fourth-order valence-corrected chi connectivity index (χ4v) is 7.03. The van der Waals surface area contributed by atoms with E-state index in [0.29, 0.717) is 23.6 Å². The number of aromatic nitrogens is 1. The Morgan fingerprint density at radius 2 is 1.76 bits per heavy atom. The van der Waals surface area contributed by atoms with Gasteiger partial charge in [0.2, 0.25) is 0 Å². The molecule has 1 aliphatic carbocycles. The highest BCUT2D eigenvalue weighted by atomic mass is 79.9. The van der Waals surface area contributed by atoms with Gasteiger partial charge in [-0.05, 0) is 30.3 Å². The smallest absolute Gasteiger partial charge is 0.177 e. The van der Waals surface area contributed by atoms with Crippen LogP contribution in [0.4, 0.5) is 0 Å². The van der Waals surface area contributed by atoms with Gasteiger partial charge in [0.05, 0.1) is 31.2 Å². The van der Waals surface area contributed by atoms with E-state index in [4.69, 9.17) is 9.47 Å². The number of halogens is 1. The number of fused-ring (bicyclic) bond motifs is 3. The minimum absolute atomic E-state index is 0.300. The highest BCUT2D eigenvalue weighted by Gasteiger charge is 2.76. The molecule has 2 N–H and O–H groups in total. The summed E-state index contributed by atoms with van der Waals surface area (Å²) in [6.07, 6.45) is 2.08. The minimum atomic E-state index is -1.76. The maximum absolute atomic E-state index is 12.9. The number of aliphatic hydroxyl groups is 2. The average Bonchev–Trinajstić information content (AvgIpc) is 3.29. The number of benzene rings is 2. The van der Waals surface area contributed by atoms with Gasteiger partial charge in [-0.15, -0.1) is 0 Å². The molecule has 5 unspecified atom stereocenters. The molecule has 194 valence electrons. The van der Waals surface area contributed by atoms with Gasteiger partial charge in [0, 0.05) is 49.0 Å². The number of aliphatic hydroxyl groups excluding tert-OH is 1. The van der Waals surface area contributed by atoms with Crippen LogP contribution in [0.1, 0.15) is 22.6 Å². The third-order valence-electron chi connectivity index (χ3n) is 8.51. The summed E-state index contributed by atoms with van der Waals surface area (Å²) in [4.78, 5) is 9.02. The third-order valence-corrected chi connectivity index (χ3v) is 9.04. The van der Waals surface area contributed by atoms with Gasteiger partial charge in [-0.2, -0.15) is 0 Å². The molecule has 0 radical (unpaired) electrons. The number of ether oxygens (including phenoxy) is 2. The summed E-state index contributed by atoms with van der Waals surface area (Å²) in [6, 6.07) is 18.0. The van der Waals surface area contributed by atoms with Crippen molar-refractivity contribution >= 4 is 15.9 Å². The van der Waals surface area contributed by atoms with E-state index in [1.165, 1.54) is 0 Å². The van der Waals surface area contributed by atoms with Crippen molar-refractivity contribution in [1.82, 2.24) is 14.8 Å². The maximum atomic E-state index is 12.9. The SMILES string of the molecule is COc1cncc2c1C1(O)C(O)C(CN3CCN(C)CC3)C(c3ccccc3)C1(c1ccc(Br)cc1)O2. The van der Waals surface area contributed by atoms with Crippen LogP contribution in [0.2, 0.25) is 0 Å². The third kappa shape index (κ3) is 3.65. The molecule has 2 fully saturated rings. The number of likely N-dealkylation sites (N-methyl/N-ethyl adjacent to an activating group) is 1. The van der Waals surface area contributed by atoms with E-state index >= 15 is 0 Å². The van der Waals surface area contributed by atoms with Crippen molar-refractivity contribution in [3.63, 3.8) is 0 Å². The zero-order chi connectivity index (χ0) is 25.8. The Kier molecular flexibility index (Phi) is 6.28. The van der Waals surface area contributed by atoms with Crippen LogP contribution in [0.15, 0.2) is 71.5 Å². The summed E-state index contributed by atoms with van der Waals surface area (Å²) >= 11 is 3.55. The average molecular weight is 566 g/mol. The molecule has 1 saturated heterocycles. The number of pyridine rings is 1. The lowest BCUT2D eigenvalue weighted by atomic mass is 9.70. The standard InChI is InChI=1S/C29H32BrN3O4/c1-32-12-14-33(15-13-32)18-22-25(19-6-4-3-5-7-19)29(20-8-10-21(30)11-9-20)28(35,27(22)34)26-23(36-2)16-31-17-24(26)37-29/h3-11,16-17,22,25,27,34-35H,12-15,18H2,1-2H3. The first-order chi connectivity index (χ1) is 17.9. The lowest BCUT2D eigenvalue weighted by molar-refractivity contribution is -0.152. The quantitative estimate of drug-likeness (QED) is 0.491. The van der Waals surface area contributed by atoms with E-state index < -0.39 is 17.3 Å². The molecular formula is C29H32BrN3O4. The number of nitrogens with zero attached hydrogens (tertiary/aromatic N) is 3. The van der Waals surface area contributed by atoms with Gasteiger partial charge in [-0.1, -0.05) is 58.4 Å². The Morgan fingerprint density at radius 3 is 2.43 bits per heavy atom. The fourth-order valence-electron chi connectivity index (χ4n) is 6.76. The van der Waals surface area contributed by atoms with Crippen molar-refractivity contribution in [3.05, 3.63) is 88.2 Å². The van der Waals surface area contributed by atoms with Crippen LogP contribution in [0.25, 0.3) is 0 Å². The molecular weight excluding hydrogens is 534 g/mol. The second-order valence-corrected chi connectivity index (χ2v) is 11.3. The van der Waals surface area contributed by atoms with Gasteiger partial charge < -0.3 is 29.5 Å². The summed E-state index contributed by atoms with van der Waals surface area (Å²) in [6.45, 7) is 4.41. The molecule has 2 aliphatic heterocycles. The van der Waals surface area contributed by atoms with Crippen LogP contribution >= 0.6 is 15.9 Å². The largest absolute Gasteiger partial charge is 0.495 e. The van der Waals surface area contributed by atoms with Gasteiger partial charge in [0.25, 0.3) is 0 Å². The van der Waals surface area contributed by atoms with Crippen LogP contribution in [0.3, 0.4) is 0 Å². The van der Waals surface area contributed by atoms with E-state index in [-0.39, 0.29) is 11.8 Å². The monoisotopic (exact) mass is 565 g/mol. The van der Waals surface area contributed by atoms with Crippen molar-refractivity contribution < 1.29 is 19.7 Å². The van der Waals surface area contributed by atoms with Gasteiger partial charge >= 0.3 is 0 Å². The Bertz CT molecular complexity index is 1270. The first-order valence-corrected chi connectivity index (χ1v) is 13.5. The summed E-state index contributed by atoms with van der Waals surface area (Å²) in [7, 11) is 3.69. The molecule has 3 aromatic rings. The molecule has 2 aromatic carbocycles. The Morgan fingerprint density at radius 1 is 1.05 bits per heavy atom. The van der Waals surface area contributed by atoms with Gasteiger partial charge in [0.15, 0.2) is 11.2 Å². The van der Waals surface area contributed by atoms with E-state index in [0.717, 1.165) is 41.8 Å². The molecule has 6 rings (SSSR count). The Balaban J connectivity index is 1.58. The van der Waals surface area contributed by atoms with Crippen LogP contribution in [-0.4, -0.2) is 78.0 Å². The van der Waals surface area contributed by atoms with E-state index in [1.807, 2.05) is 42.5 Å². The maximum Gasteiger partial charge on any atom is 0.177 e. The summed E-state index contributed by atoms with van der Waals surface area (Å²) in [5, 5.41) is 25.1. The molecule has 7 nitrogen and oxygen atoms in total. The van der Waals surface area contributed by atoms with Gasteiger partial charge in [0.1, 0.15) is 11.5 Å². The zero-order valence-electron chi connectivity index (χ0n) is 21.0.